The molecule has 150 valence electrons. The van der Waals surface area contributed by atoms with Gasteiger partial charge in [0.1, 0.15) is 0 Å². The normalized spacial score (nSPS) is 16.7. The quantitative estimate of drug-likeness (QED) is 0.616. The maximum absolute atomic E-state index is 12.6. The average Bonchev–Trinajstić information content (AvgIpc) is 2.94. The van der Waals surface area contributed by atoms with Crippen molar-refractivity contribution in [1.29, 1.82) is 0 Å². The van der Waals surface area contributed by atoms with Crippen LogP contribution in [0.2, 0.25) is 0 Å². The number of amides is 1. The van der Waals surface area contributed by atoms with Crippen molar-refractivity contribution in [3.63, 3.8) is 0 Å². The SMILES string of the molecule is CCOc1cc(/C=C2\SC(=Nc3cccc(C(=O)O)c3)N(C)C2=O)cc(Br)c1O. The number of ether oxygens (including phenoxy) is 1. The topological polar surface area (TPSA) is 99.4 Å². The Morgan fingerprint density at radius 2 is 2.10 bits per heavy atom. The summed E-state index contributed by atoms with van der Waals surface area (Å²) in [5, 5.41) is 19.6. The van der Waals surface area contributed by atoms with Crippen LogP contribution in [0.1, 0.15) is 22.8 Å². The number of likely N-dealkylation sites (N-methyl/N-ethyl adjacent to an activating group) is 1. The van der Waals surface area contributed by atoms with E-state index in [-0.39, 0.29) is 17.2 Å². The number of hydrogen-bond donors (Lipinski definition) is 2. The first-order valence-electron chi connectivity index (χ1n) is 8.55. The molecular weight excluding hydrogens is 460 g/mol. The molecule has 0 bridgehead atoms. The van der Waals surface area contributed by atoms with Crippen molar-refractivity contribution in [2.45, 2.75) is 6.92 Å². The molecule has 0 spiro atoms. The largest absolute Gasteiger partial charge is 0.503 e. The number of carboxylic acid groups (broad SMARTS) is 1. The number of aromatic carboxylic acids is 1. The Bertz CT molecular complexity index is 1050. The second-order valence-corrected chi connectivity index (χ2v) is 7.87. The number of hydrogen-bond acceptors (Lipinski definition) is 6. The Morgan fingerprint density at radius 1 is 1.34 bits per heavy atom. The minimum absolute atomic E-state index is 0.00270. The highest BCUT2D eigenvalue weighted by Crippen LogP contribution is 2.38. The van der Waals surface area contributed by atoms with E-state index in [1.54, 1.807) is 37.4 Å². The molecule has 2 aromatic rings. The maximum atomic E-state index is 12.6. The monoisotopic (exact) mass is 476 g/mol. The molecule has 0 saturated carbocycles. The molecule has 2 N–H and O–H groups in total. The van der Waals surface area contributed by atoms with Gasteiger partial charge in [0, 0.05) is 7.05 Å². The lowest BCUT2D eigenvalue weighted by atomic mass is 10.2. The second kappa shape index (κ2) is 8.71. The van der Waals surface area contributed by atoms with Crippen LogP contribution in [0.15, 0.2) is 50.8 Å². The van der Waals surface area contributed by atoms with Gasteiger partial charge in [-0.15, -0.1) is 0 Å². The highest BCUT2D eigenvalue weighted by atomic mass is 79.9. The van der Waals surface area contributed by atoms with Gasteiger partial charge in [0.2, 0.25) is 0 Å². The number of aliphatic imine (C=N–C) groups is 1. The fraction of sp³-hybridized carbons (Fsp3) is 0.150. The molecule has 0 unspecified atom stereocenters. The van der Waals surface area contributed by atoms with E-state index < -0.39 is 5.97 Å². The fourth-order valence-electron chi connectivity index (χ4n) is 2.56. The molecule has 0 atom stereocenters. The summed E-state index contributed by atoms with van der Waals surface area (Å²) in [5.74, 6) is -0.960. The van der Waals surface area contributed by atoms with Crippen LogP contribution < -0.4 is 4.74 Å². The number of phenols is 1. The van der Waals surface area contributed by atoms with E-state index in [4.69, 9.17) is 9.84 Å². The van der Waals surface area contributed by atoms with Crippen LogP contribution in [0, 0.1) is 0 Å². The Morgan fingerprint density at radius 3 is 2.79 bits per heavy atom. The van der Waals surface area contributed by atoms with Crippen molar-refractivity contribution >= 4 is 56.5 Å². The number of carbonyl (C=O) groups is 2. The summed E-state index contributed by atoms with van der Waals surface area (Å²) in [6.07, 6.45) is 1.69. The van der Waals surface area contributed by atoms with Crippen LogP contribution in [0.25, 0.3) is 6.08 Å². The Labute approximate surface area is 179 Å². The number of amidine groups is 1. The third-order valence-electron chi connectivity index (χ3n) is 3.97. The molecule has 29 heavy (non-hydrogen) atoms. The summed E-state index contributed by atoms with van der Waals surface area (Å²) in [4.78, 5) is 30.0. The van der Waals surface area contributed by atoms with Crippen LogP contribution in [0.3, 0.4) is 0 Å². The number of halogens is 1. The zero-order valence-corrected chi connectivity index (χ0v) is 18.0. The number of rotatable bonds is 5. The van der Waals surface area contributed by atoms with E-state index in [1.807, 2.05) is 6.92 Å². The molecule has 1 amide bonds. The number of phenolic OH excluding ortho intramolecular Hbond substituents is 1. The van der Waals surface area contributed by atoms with Gasteiger partial charge >= 0.3 is 5.97 Å². The van der Waals surface area contributed by atoms with Crippen molar-refractivity contribution in [2.24, 2.45) is 4.99 Å². The molecule has 3 rings (SSSR count). The molecule has 0 radical (unpaired) electrons. The van der Waals surface area contributed by atoms with Crippen LogP contribution >= 0.6 is 27.7 Å². The Hall–Kier alpha value is -2.78. The van der Waals surface area contributed by atoms with Gasteiger partial charge in [0.05, 0.1) is 27.2 Å². The molecule has 1 aliphatic heterocycles. The van der Waals surface area contributed by atoms with E-state index in [2.05, 4.69) is 20.9 Å². The predicted molar refractivity (Wildman–Crippen MR) is 116 cm³/mol. The summed E-state index contributed by atoms with van der Waals surface area (Å²) in [6.45, 7) is 2.20. The van der Waals surface area contributed by atoms with Crippen molar-refractivity contribution in [2.75, 3.05) is 13.7 Å². The van der Waals surface area contributed by atoms with Crippen LogP contribution in [-0.4, -0.2) is 45.8 Å². The molecule has 9 heteroatoms. The minimum atomic E-state index is -1.04. The molecule has 1 heterocycles. The summed E-state index contributed by atoms with van der Waals surface area (Å²) in [5.41, 5.74) is 1.24. The van der Waals surface area contributed by atoms with Crippen molar-refractivity contribution in [3.8, 4) is 11.5 Å². The fourth-order valence-corrected chi connectivity index (χ4v) is 4.01. The highest BCUT2D eigenvalue weighted by molar-refractivity contribution is 9.10. The third-order valence-corrected chi connectivity index (χ3v) is 5.63. The summed E-state index contributed by atoms with van der Waals surface area (Å²) in [7, 11) is 1.61. The smallest absolute Gasteiger partial charge is 0.335 e. The third kappa shape index (κ3) is 4.63. The van der Waals surface area contributed by atoms with Crippen LogP contribution in [0.5, 0.6) is 11.5 Å². The number of aromatic hydroxyl groups is 1. The van der Waals surface area contributed by atoms with Crippen molar-refractivity contribution in [1.82, 2.24) is 4.90 Å². The average molecular weight is 477 g/mol. The number of nitrogens with zero attached hydrogens (tertiary/aromatic N) is 2. The van der Waals surface area contributed by atoms with E-state index >= 15 is 0 Å². The lowest BCUT2D eigenvalue weighted by Crippen LogP contribution is -2.23. The van der Waals surface area contributed by atoms with Gasteiger partial charge in [-0.1, -0.05) is 6.07 Å². The number of carbonyl (C=O) groups excluding carboxylic acids is 1. The molecule has 7 nitrogen and oxygen atoms in total. The second-order valence-electron chi connectivity index (χ2n) is 6.01. The zero-order valence-electron chi connectivity index (χ0n) is 15.5. The summed E-state index contributed by atoms with van der Waals surface area (Å²) < 4.78 is 5.88. The lowest BCUT2D eigenvalue weighted by Gasteiger charge is -2.09. The molecule has 0 aliphatic carbocycles. The first-order valence-corrected chi connectivity index (χ1v) is 10.2. The van der Waals surface area contributed by atoms with Crippen LogP contribution in [0.4, 0.5) is 5.69 Å². The first-order chi connectivity index (χ1) is 13.8. The lowest BCUT2D eigenvalue weighted by molar-refractivity contribution is -0.121. The summed E-state index contributed by atoms with van der Waals surface area (Å²) in [6, 6.07) is 9.53. The van der Waals surface area contributed by atoms with Crippen molar-refractivity contribution < 1.29 is 24.5 Å². The highest BCUT2D eigenvalue weighted by Gasteiger charge is 2.30. The Kier molecular flexibility index (Phi) is 6.29. The van der Waals surface area contributed by atoms with Crippen molar-refractivity contribution in [3.05, 3.63) is 56.9 Å². The predicted octanol–water partition coefficient (Wildman–Crippen LogP) is 4.49. The van der Waals surface area contributed by atoms with Gasteiger partial charge < -0.3 is 14.9 Å². The molecule has 1 saturated heterocycles. The van der Waals surface area contributed by atoms with E-state index in [0.29, 0.717) is 38.2 Å². The number of carboxylic acids is 1. The minimum Gasteiger partial charge on any atom is -0.503 e. The first kappa shape index (κ1) is 20.9. The molecule has 2 aromatic carbocycles. The summed E-state index contributed by atoms with van der Waals surface area (Å²) >= 11 is 4.47. The standard InChI is InChI=1S/C20H17BrN2O5S/c1-3-28-15-8-11(7-14(21)17(15)24)9-16-18(25)23(2)20(29-16)22-13-6-4-5-12(10-13)19(26)27/h4-10,24H,3H2,1-2H3,(H,26,27)/b16-9-,22-20?. The van der Waals surface area contributed by atoms with Gasteiger partial charge in [-0.25, -0.2) is 9.79 Å². The Balaban J connectivity index is 1.93. The zero-order chi connectivity index (χ0) is 21.1. The maximum Gasteiger partial charge on any atom is 0.335 e. The van der Waals surface area contributed by atoms with E-state index in [1.165, 1.54) is 28.8 Å². The van der Waals surface area contributed by atoms with Gasteiger partial charge in [0.25, 0.3) is 5.91 Å². The number of thioether (sulfide) groups is 1. The molecule has 1 fully saturated rings. The molecular formula is C20H17BrN2O5S. The van der Waals surface area contributed by atoms with Gasteiger partial charge in [-0.3, -0.25) is 9.69 Å². The van der Waals surface area contributed by atoms with Gasteiger partial charge in [-0.2, -0.15) is 0 Å². The molecule has 0 aromatic heterocycles. The van der Waals surface area contributed by atoms with E-state index in [9.17, 15) is 14.7 Å². The number of benzene rings is 2. The molecule has 1 aliphatic rings. The van der Waals surface area contributed by atoms with Gasteiger partial charge in [-0.05, 0) is 76.6 Å². The van der Waals surface area contributed by atoms with Crippen LogP contribution in [-0.2, 0) is 4.79 Å². The van der Waals surface area contributed by atoms with E-state index in [0.717, 1.165) is 0 Å². The van der Waals surface area contributed by atoms with Gasteiger partial charge in [0.15, 0.2) is 16.7 Å².